The van der Waals surface area contributed by atoms with Crippen molar-refractivity contribution >= 4 is 5.91 Å². The van der Waals surface area contributed by atoms with Crippen molar-refractivity contribution in [1.29, 1.82) is 0 Å². The summed E-state index contributed by atoms with van der Waals surface area (Å²) in [5.41, 5.74) is 0. The average Bonchev–Trinajstić information content (AvgIpc) is 0.781. The van der Waals surface area contributed by atoms with Crippen LogP contribution in [-0.2, 0) is 33.2 Å². The van der Waals surface area contributed by atoms with Gasteiger partial charge >= 0.3 is 0 Å². The van der Waals surface area contributed by atoms with Gasteiger partial charge in [-0.3, -0.25) is 4.79 Å². The topological polar surface area (TPSA) is 307 Å². The molecule has 0 aromatic rings. The Morgan fingerprint density at radius 1 is 0.363 bits per heavy atom. The predicted molar refractivity (Wildman–Crippen MR) is 406 cm³/mol. The Labute approximate surface area is 617 Å². The number of rotatable bonds is 65. The summed E-state index contributed by atoms with van der Waals surface area (Å²) < 4.78 is 34.5. The van der Waals surface area contributed by atoms with Crippen LogP contribution >= 0.6 is 0 Å². The molecule has 3 aliphatic heterocycles. The second-order valence-electron chi connectivity index (χ2n) is 29.2. The fourth-order valence-electron chi connectivity index (χ4n) is 13.7. The molecular weight excluding hydrogens is 1300 g/mol. The fourth-order valence-corrected chi connectivity index (χ4v) is 13.7. The Hall–Kier alpha value is -2.77. The molecule has 17 unspecified atom stereocenters. The van der Waals surface area contributed by atoms with Crippen LogP contribution in [0.4, 0.5) is 0 Å². The van der Waals surface area contributed by atoms with Crippen molar-refractivity contribution in [3.05, 3.63) is 72.9 Å². The van der Waals surface area contributed by atoms with Gasteiger partial charge in [0.2, 0.25) is 5.91 Å². The van der Waals surface area contributed by atoms with Gasteiger partial charge in [0.1, 0.15) is 73.2 Å². The molecule has 0 aromatic carbocycles. The van der Waals surface area contributed by atoms with Crippen LogP contribution in [0.1, 0.15) is 316 Å². The highest BCUT2D eigenvalue weighted by atomic mass is 16.8. The van der Waals surface area contributed by atoms with Gasteiger partial charge in [0, 0.05) is 6.42 Å². The van der Waals surface area contributed by atoms with Crippen molar-refractivity contribution in [3.8, 4) is 0 Å². The molecule has 19 heteroatoms. The number of aliphatic hydroxyl groups is 11. The minimum absolute atomic E-state index is 0.235. The van der Waals surface area contributed by atoms with E-state index in [9.17, 15) is 61.0 Å². The molecule has 12 N–H and O–H groups in total. The molecule has 0 saturated carbocycles. The first kappa shape index (κ1) is 93.4. The summed E-state index contributed by atoms with van der Waals surface area (Å²) in [4.78, 5) is 13.5. The van der Waals surface area contributed by atoms with E-state index in [2.05, 4.69) is 79.9 Å². The van der Waals surface area contributed by atoms with Gasteiger partial charge < -0.3 is 89.9 Å². The third-order valence-corrected chi connectivity index (χ3v) is 20.2. The number of ether oxygens (including phenoxy) is 6. The number of carbonyl (C=O) groups is 1. The molecule has 102 heavy (non-hydrogen) atoms. The summed E-state index contributed by atoms with van der Waals surface area (Å²) in [5.74, 6) is -0.282. The molecule has 0 radical (unpaired) electrons. The van der Waals surface area contributed by atoms with E-state index in [-0.39, 0.29) is 18.9 Å². The summed E-state index contributed by atoms with van der Waals surface area (Å²) in [5, 5.41) is 121. The normalized spacial score (nSPS) is 26.5. The zero-order valence-electron chi connectivity index (χ0n) is 63.6. The lowest BCUT2D eigenvalue weighted by Crippen LogP contribution is -2.66. The molecule has 17 atom stereocenters. The Morgan fingerprint density at radius 2 is 0.686 bits per heavy atom. The Balaban J connectivity index is 1.37. The maximum Gasteiger partial charge on any atom is 0.220 e. The second kappa shape index (κ2) is 63.2. The van der Waals surface area contributed by atoms with E-state index in [0.717, 1.165) is 64.2 Å². The van der Waals surface area contributed by atoms with Crippen molar-refractivity contribution in [3.63, 3.8) is 0 Å². The lowest BCUT2D eigenvalue weighted by molar-refractivity contribution is -0.379. The minimum atomic E-state index is -1.98. The first-order valence-corrected chi connectivity index (χ1v) is 41.2. The zero-order valence-corrected chi connectivity index (χ0v) is 63.6. The van der Waals surface area contributed by atoms with Gasteiger partial charge in [-0.1, -0.05) is 311 Å². The molecule has 3 rings (SSSR count). The third-order valence-electron chi connectivity index (χ3n) is 20.2. The molecule has 19 nitrogen and oxygen atoms in total. The summed E-state index contributed by atoms with van der Waals surface area (Å²) >= 11 is 0. The van der Waals surface area contributed by atoms with E-state index >= 15 is 0 Å². The first-order valence-electron chi connectivity index (χ1n) is 41.2. The van der Waals surface area contributed by atoms with Gasteiger partial charge in [-0.15, -0.1) is 0 Å². The van der Waals surface area contributed by atoms with Crippen molar-refractivity contribution in [2.45, 2.75) is 420 Å². The van der Waals surface area contributed by atoms with Gasteiger partial charge in [0.25, 0.3) is 0 Å². The minimum Gasteiger partial charge on any atom is -0.394 e. The quantitative estimate of drug-likeness (QED) is 0.0199. The Morgan fingerprint density at radius 3 is 1.10 bits per heavy atom. The zero-order chi connectivity index (χ0) is 73.9. The number of nitrogens with one attached hydrogen (secondary N) is 1. The van der Waals surface area contributed by atoms with Crippen molar-refractivity contribution in [2.24, 2.45) is 0 Å². The number of carbonyl (C=O) groups excluding carboxylic acids is 1. The summed E-state index contributed by atoms with van der Waals surface area (Å²) in [6.45, 7) is 1.65. The molecule has 3 aliphatic rings. The number of hydrogen-bond acceptors (Lipinski definition) is 18. The second-order valence-corrected chi connectivity index (χ2v) is 29.2. The van der Waals surface area contributed by atoms with E-state index in [1.807, 2.05) is 6.08 Å². The molecule has 3 fully saturated rings. The van der Waals surface area contributed by atoms with Gasteiger partial charge in [0.05, 0.1) is 38.6 Å². The van der Waals surface area contributed by atoms with Gasteiger partial charge in [-0.05, 0) is 70.6 Å². The maximum absolute atomic E-state index is 13.5. The maximum atomic E-state index is 13.5. The van der Waals surface area contributed by atoms with Crippen LogP contribution in [0.2, 0.25) is 0 Å². The molecule has 3 saturated heterocycles. The standard InChI is InChI=1S/C83H149NO18/c1-3-5-7-9-11-13-15-17-19-21-23-25-27-29-31-32-33-34-35-37-39-41-43-45-47-49-51-53-55-57-59-61-71(89)84-66(67(88)60-58-56-54-52-50-48-46-44-42-40-38-36-30-28-26-24-22-20-18-16-14-12-10-8-6-4-2)65-97-81-77(95)74(92)79(69(63-86)99-81)102-83-78(96)75(93)80(70(64-87)100-83)101-82-76(94)73(91)72(90)68(62-85)98-82/h5,7,11,13,17,19,23,25,50,52,58,60,66-70,72-83,85-88,90-96H,3-4,6,8-10,12,14-16,18,20-22,24,26-49,51,53-57,59,61-65H2,1-2H3,(H,84,89)/b7-5-,13-11-,19-17-,25-23-,52-50+,60-58+. The fraction of sp³-hybridized carbons (Fsp3) is 0.843. The summed E-state index contributed by atoms with van der Waals surface area (Å²) in [6, 6.07) is -0.994. The van der Waals surface area contributed by atoms with Gasteiger partial charge in [-0.25, -0.2) is 0 Å². The van der Waals surface area contributed by atoms with Crippen LogP contribution < -0.4 is 5.32 Å². The number of aliphatic hydroxyl groups excluding tert-OH is 11. The highest BCUT2D eigenvalue weighted by Crippen LogP contribution is 2.33. The lowest BCUT2D eigenvalue weighted by Gasteiger charge is -2.48. The molecule has 1 amide bonds. The van der Waals surface area contributed by atoms with Crippen molar-refractivity contribution < 1.29 is 89.4 Å². The van der Waals surface area contributed by atoms with E-state index in [1.54, 1.807) is 6.08 Å². The largest absolute Gasteiger partial charge is 0.394 e. The van der Waals surface area contributed by atoms with Crippen LogP contribution in [0.3, 0.4) is 0 Å². The van der Waals surface area contributed by atoms with Crippen LogP contribution in [0, 0.1) is 0 Å². The van der Waals surface area contributed by atoms with E-state index in [0.29, 0.717) is 12.8 Å². The number of unbranched alkanes of at least 4 members (excludes halogenated alkanes) is 39. The number of allylic oxidation sites excluding steroid dienone is 11. The van der Waals surface area contributed by atoms with Crippen molar-refractivity contribution in [1.82, 2.24) is 5.32 Å². The van der Waals surface area contributed by atoms with E-state index in [1.165, 1.54) is 218 Å². The highest BCUT2D eigenvalue weighted by Gasteiger charge is 2.54. The smallest absolute Gasteiger partial charge is 0.220 e. The highest BCUT2D eigenvalue weighted by molar-refractivity contribution is 5.76. The molecule has 3 heterocycles. The number of amides is 1. The third kappa shape index (κ3) is 42.7. The Kier molecular flexibility index (Phi) is 57.9. The summed E-state index contributed by atoms with van der Waals surface area (Å²) in [7, 11) is 0. The molecule has 0 aromatic heterocycles. The van der Waals surface area contributed by atoms with Crippen LogP contribution in [-0.4, -0.2) is 193 Å². The molecule has 0 spiro atoms. The summed E-state index contributed by atoms with van der Waals surface area (Å²) in [6.07, 6.45) is 56.1. The average molecular weight is 1450 g/mol. The molecule has 0 aliphatic carbocycles. The molecule has 594 valence electrons. The van der Waals surface area contributed by atoms with E-state index < -0.39 is 124 Å². The van der Waals surface area contributed by atoms with Crippen LogP contribution in [0.25, 0.3) is 0 Å². The van der Waals surface area contributed by atoms with Crippen LogP contribution in [0.15, 0.2) is 72.9 Å². The number of hydrogen-bond donors (Lipinski definition) is 12. The predicted octanol–water partition coefficient (Wildman–Crippen LogP) is 14.0. The molecular formula is C83H149NO18. The van der Waals surface area contributed by atoms with Gasteiger partial charge in [0.15, 0.2) is 18.9 Å². The first-order chi connectivity index (χ1) is 49.8. The Bertz CT molecular complexity index is 2120. The lowest BCUT2D eigenvalue weighted by atomic mass is 9.96. The van der Waals surface area contributed by atoms with E-state index in [4.69, 9.17) is 28.4 Å². The monoisotopic (exact) mass is 1450 g/mol. The van der Waals surface area contributed by atoms with Gasteiger partial charge in [-0.2, -0.15) is 0 Å². The molecule has 0 bridgehead atoms. The SMILES string of the molecule is CC/C=C\C/C=C\C/C=C\C/C=C\CCCCCCCCCCCCCCCCCCCCC(=O)NC(COC1OC(CO)C(OC2OC(CO)C(OC3OC(CO)C(O)C(O)C3O)C(O)C2O)C(O)C1O)C(O)/C=C/CC/C=C/CCCCCCCCCCCCCCCCCCCCCC. The van der Waals surface area contributed by atoms with Crippen molar-refractivity contribution in [2.75, 3.05) is 26.4 Å². The van der Waals surface area contributed by atoms with Crippen LogP contribution in [0.5, 0.6) is 0 Å².